The number of hydrogen-bond donors (Lipinski definition) is 1. The molecule has 4 nitrogen and oxygen atoms in total. The van der Waals surface area contributed by atoms with Gasteiger partial charge in [-0.1, -0.05) is 41.4 Å². The number of fused-ring (bicyclic) bond motifs is 1. The lowest BCUT2D eigenvalue weighted by Crippen LogP contribution is -2.24. The van der Waals surface area contributed by atoms with Crippen molar-refractivity contribution in [3.63, 3.8) is 0 Å². The molecule has 2 aromatic carbocycles. The van der Waals surface area contributed by atoms with Gasteiger partial charge in [-0.3, -0.25) is 0 Å². The SMILES string of the molecule is Cc1c(Cc2cccc(C(F)(F)F)c2F)c2ccc(Cl)c(Cl)c2n1CCCNS(C)(=O)=O. The lowest BCUT2D eigenvalue weighted by atomic mass is 9.99. The van der Waals surface area contributed by atoms with E-state index in [2.05, 4.69) is 4.72 Å². The summed E-state index contributed by atoms with van der Waals surface area (Å²) in [6.07, 6.45) is -3.39. The zero-order valence-corrected chi connectivity index (χ0v) is 19.5. The third-order valence-corrected chi connectivity index (χ3v) is 6.70. The second-order valence-corrected chi connectivity index (χ2v) is 10.1. The van der Waals surface area contributed by atoms with Crippen molar-refractivity contribution < 1.29 is 26.0 Å². The highest BCUT2D eigenvalue weighted by molar-refractivity contribution is 7.88. The highest BCUT2D eigenvalue weighted by Gasteiger charge is 2.35. The molecule has 3 rings (SSSR count). The van der Waals surface area contributed by atoms with Gasteiger partial charge >= 0.3 is 6.18 Å². The normalized spacial score (nSPS) is 12.6. The number of benzene rings is 2. The molecule has 0 unspecified atom stereocenters. The molecule has 0 amide bonds. The number of aromatic nitrogens is 1. The second-order valence-electron chi connectivity index (χ2n) is 7.45. The fraction of sp³-hybridized carbons (Fsp3) is 0.333. The lowest BCUT2D eigenvalue weighted by Gasteiger charge is -2.12. The Morgan fingerprint density at radius 1 is 1.12 bits per heavy atom. The van der Waals surface area contributed by atoms with Crippen LogP contribution >= 0.6 is 23.2 Å². The predicted molar refractivity (Wildman–Crippen MR) is 118 cm³/mol. The van der Waals surface area contributed by atoms with Crippen molar-refractivity contribution in [3.8, 4) is 0 Å². The molecular formula is C21H20Cl2F4N2O2S. The number of rotatable bonds is 7. The zero-order valence-electron chi connectivity index (χ0n) is 17.2. The summed E-state index contributed by atoms with van der Waals surface area (Å²) < 4.78 is 80.9. The lowest BCUT2D eigenvalue weighted by molar-refractivity contribution is -0.140. The summed E-state index contributed by atoms with van der Waals surface area (Å²) in [7, 11) is -3.34. The van der Waals surface area contributed by atoms with E-state index in [0.717, 1.165) is 6.26 Å². The Kier molecular flexibility index (Phi) is 7.14. The number of sulfonamides is 1. The molecule has 0 fully saturated rings. The van der Waals surface area contributed by atoms with Crippen LogP contribution in [0.15, 0.2) is 30.3 Å². The minimum absolute atomic E-state index is 0.0787. The molecule has 3 aromatic rings. The third kappa shape index (κ3) is 5.22. The topological polar surface area (TPSA) is 51.1 Å². The molecule has 0 saturated heterocycles. The molecule has 0 radical (unpaired) electrons. The molecule has 32 heavy (non-hydrogen) atoms. The highest BCUT2D eigenvalue weighted by Crippen LogP contribution is 2.38. The maximum Gasteiger partial charge on any atom is 0.419 e. The van der Waals surface area contributed by atoms with Crippen LogP contribution in [-0.2, 0) is 29.2 Å². The minimum atomic E-state index is -4.80. The van der Waals surface area contributed by atoms with E-state index in [1.54, 1.807) is 19.1 Å². The summed E-state index contributed by atoms with van der Waals surface area (Å²) in [5.41, 5.74) is 0.461. The molecular weight excluding hydrogens is 491 g/mol. The predicted octanol–water partition coefficient (Wildman–Crippen LogP) is 5.94. The van der Waals surface area contributed by atoms with Crippen molar-refractivity contribution >= 4 is 44.1 Å². The molecule has 1 aromatic heterocycles. The summed E-state index contributed by atoms with van der Waals surface area (Å²) in [6.45, 7) is 2.32. The average Bonchev–Trinajstić information content (AvgIpc) is 2.94. The van der Waals surface area contributed by atoms with Crippen LogP contribution < -0.4 is 4.72 Å². The summed E-state index contributed by atoms with van der Waals surface area (Å²) >= 11 is 12.6. The van der Waals surface area contributed by atoms with Crippen LogP contribution in [0.2, 0.25) is 10.0 Å². The molecule has 1 N–H and O–H groups in total. The van der Waals surface area contributed by atoms with Crippen molar-refractivity contribution in [3.05, 3.63) is 68.6 Å². The van der Waals surface area contributed by atoms with Crippen molar-refractivity contribution in [2.24, 2.45) is 0 Å². The standard InChI is InChI=1S/C21H20Cl2F4N2O2S/c1-12-15(11-13-5-3-6-16(19(13)24)21(25,26)27)14-7-8-17(22)18(23)20(14)29(12)10-4-9-28-32(2,30)31/h3,5-8,28H,4,9-11H2,1-2H3. The quantitative estimate of drug-likeness (QED) is 0.315. The Balaban J connectivity index is 2.05. The van der Waals surface area contributed by atoms with Gasteiger partial charge in [0.05, 0.1) is 27.4 Å². The van der Waals surface area contributed by atoms with E-state index in [9.17, 15) is 26.0 Å². The molecule has 174 valence electrons. The fourth-order valence-electron chi connectivity index (χ4n) is 3.70. The number of hydrogen-bond acceptors (Lipinski definition) is 2. The van der Waals surface area contributed by atoms with Crippen LogP contribution in [-0.4, -0.2) is 25.8 Å². The Hall–Kier alpha value is -1.81. The van der Waals surface area contributed by atoms with E-state index in [4.69, 9.17) is 23.2 Å². The van der Waals surface area contributed by atoms with E-state index in [0.29, 0.717) is 46.2 Å². The van der Waals surface area contributed by atoms with Gasteiger partial charge in [0.25, 0.3) is 0 Å². The number of halogens is 6. The maximum atomic E-state index is 14.7. The summed E-state index contributed by atoms with van der Waals surface area (Å²) in [5.74, 6) is -1.31. The van der Waals surface area contributed by atoms with Crippen LogP contribution in [0, 0.1) is 12.7 Å². The summed E-state index contributed by atoms with van der Waals surface area (Å²) in [5, 5.41) is 1.20. The Morgan fingerprint density at radius 2 is 1.81 bits per heavy atom. The van der Waals surface area contributed by atoms with Crippen molar-refractivity contribution in [2.45, 2.75) is 32.5 Å². The molecule has 0 aliphatic heterocycles. The van der Waals surface area contributed by atoms with Crippen LogP contribution in [0.1, 0.15) is 28.8 Å². The molecule has 0 atom stereocenters. The third-order valence-electron chi connectivity index (χ3n) is 5.18. The van der Waals surface area contributed by atoms with Gasteiger partial charge in [0.15, 0.2) is 0 Å². The smallest absolute Gasteiger partial charge is 0.343 e. The Bertz CT molecular complexity index is 1270. The summed E-state index contributed by atoms with van der Waals surface area (Å²) in [6, 6.07) is 6.48. The van der Waals surface area contributed by atoms with Crippen LogP contribution in [0.25, 0.3) is 10.9 Å². The molecule has 11 heteroatoms. The van der Waals surface area contributed by atoms with Gasteiger partial charge in [-0.05, 0) is 36.6 Å². The first kappa shape index (κ1) is 24.8. The van der Waals surface area contributed by atoms with Crippen molar-refractivity contribution in [1.82, 2.24) is 9.29 Å². The average molecular weight is 511 g/mol. The van der Waals surface area contributed by atoms with Gasteiger partial charge in [-0.15, -0.1) is 0 Å². The fourth-order valence-corrected chi connectivity index (χ4v) is 4.63. The highest BCUT2D eigenvalue weighted by atomic mass is 35.5. The van der Waals surface area contributed by atoms with Crippen LogP contribution in [0.3, 0.4) is 0 Å². The number of aryl methyl sites for hydroxylation is 1. The molecule has 0 aliphatic rings. The van der Waals surface area contributed by atoms with E-state index in [-0.39, 0.29) is 23.6 Å². The van der Waals surface area contributed by atoms with E-state index >= 15 is 0 Å². The van der Waals surface area contributed by atoms with Crippen molar-refractivity contribution in [1.29, 1.82) is 0 Å². The van der Waals surface area contributed by atoms with Gasteiger partial charge in [0.1, 0.15) is 5.82 Å². The Labute approximate surface area is 193 Å². The van der Waals surface area contributed by atoms with E-state index < -0.39 is 27.6 Å². The number of nitrogens with zero attached hydrogens (tertiary/aromatic N) is 1. The molecule has 0 spiro atoms. The van der Waals surface area contributed by atoms with Gasteiger partial charge in [-0.2, -0.15) is 13.2 Å². The molecule has 0 saturated carbocycles. The maximum absolute atomic E-state index is 14.7. The van der Waals surface area contributed by atoms with Crippen LogP contribution in [0.4, 0.5) is 17.6 Å². The van der Waals surface area contributed by atoms with Gasteiger partial charge < -0.3 is 4.57 Å². The first-order valence-corrected chi connectivity index (χ1v) is 12.2. The summed E-state index contributed by atoms with van der Waals surface area (Å²) in [4.78, 5) is 0. The van der Waals surface area contributed by atoms with E-state index in [1.807, 2.05) is 4.57 Å². The number of alkyl halides is 3. The first-order valence-electron chi connectivity index (χ1n) is 9.56. The largest absolute Gasteiger partial charge is 0.419 e. The van der Waals surface area contributed by atoms with Gasteiger partial charge in [0, 0.05) is 30.6 Å². The molecule has 0 bridgehead atoms. The minimum Gasteiger partial charge on any atom is -0.343 e. The molecule has 0 aliphatic carbocycles. The monoisotopic (exact) mass is 510 g/mol. The first-order chi connectivity index (χ1) is 14.8. The van der Waals surface area contributed by atoms with E-state index in [1.165, 1.54) is 12.1 Å². The number of nitrogens with one attached hydrogen (secondary N) is 1. The zero-order chi connectivity index (χ0) is 23.8. The van der Waals surface area contributed by atoms with Gasteiger partial charge in [-0.25, -0.2) is 17.5 Å². The Morgan fingerprint density at radius 3 is 2.44 bits per heavy atom. The molecule has 1 heterocycles. The van der Waals surface area contributed by atoms with Gasteiger partial charge in [0.2, 0.25) is 10.0 Å². The van der Waals surface area contributed by atoms with Crippen LogP contribution in [0.5, 0.6) is 0 Å². The second kappa shape index (κ2) is 9.21. The van der Waals surface area contributed by atoms with Crippen molar-refractivity contribution in [2.75, 3.05) is 12.8 Å².